The first-order valence-corrected chi connectivity index (χ1v) is 13.4. The van der Waals surface area contributed by atoms with Crippen LogP contribution in [0.15, 0.2) is 43.1 Å². The van der Waals surface area contributed by atoms with Crippen molar-refractivity contribution in [2.24, 2.45) is 0 Å². The lowest BCUT2D eigenvalue weighted by atomic mass is 10.1. The molecule has 1 saturated heterocycles. The summed E-state index contributed by atoms with van der Waals surface area (Å²) in [4.78, 5) is 21.1. The fraction of sp³-hybridized carbons (Fsp3) is 0.400. The highest BCUT2D eigenvalue weighted by atomic mass is 35.5. The average Bonchev–Trinajstić information content (AvgIpc) is 3.63. The van der Waals surface area contributed by atoms with Gasteiger partial charge in [0.25, 0.3) is 5.88 Å². The number of piperidine rings is 1. The number of ether oxygens (including phenoxy) is 2. The summed E-state index contributed by atoms with van der Waals surface area (Å²) in [5, 5.41) is 27.7. The zero-order valence-corrected chi connectivity index (χ0v) is 23.4. The number of anilines is 2. The molecule has 18 heteroatoms. The Morgan fingerprint density at radius 1 is 1.21 bits per heavy atom. The molecule has 1 atom stereocenters. The number of alkyl halides is 3. The summed E-state index contributed by atoms with van der Waals surface area (Å²) in [6.45, 7) is 1.28. The first kappa shape index (κ1) is 29.8. The molecule has 4 aromatic rings. The number of carbonyl (C=O) groups is 1. The van der Waals surface area contributed by atoms with E-state index in [-0.39, 0.29) is 42.8 Å². The van der Waals surface area contributed by atoms with Gasteiger partial charge in [-0.2, -0.15) is 13.2 Å². The third kappa shape index (κ3) is 7.79. The van der Waals surface area contributed by atoms with Gasteiger partial charge in [0.15, 0.2) is 6.61 Å². The minimum Gasteiger partial charge on any atom is -0.487 e. The van der Waals surface area contributed by atoms with Crippen molar-refractivity contribution in [3.05, 3.63) is 48.1 Å². The number of hydrogen-bond acceptors (Lipinski definition) is 10. The molecule has 14 nitrogen and oxygen atoms in total. The van der Waals surface area contributed by atoms with Crippen molar-refractivity contribution < 1.29 is 32.5 Å². The Bertz CT molecular complexity index is 1530. The molecule has 3 aromatic heterocycles. The van der Waals surface area contributed by atoms with Crippen molar-refractivity contribution in [2.45, 2.75) is 44.6 Å². The standard InChI is InChI=1S/C25H26ClF3N10O4/c1-15(11-38-14-32-35-36-38)43-21-8-16(2-3-19(21)26)17-9-30-23(31-10-17)33-20-12-39(34-22(20)42-13-25(27,28)29)18-4-6-37(7-5-18)24(40)41/h2-3,8-10,12,14-15,18H,4-7,11,13H2,1H3,(H,40,41)(H,30,31,33)/t15-/m0/s1. The van der Waals surface area contributed by atoms with Gasteiger partial charge in [-0.1, -0.05) is 17.7 Å². The second-order valence-electron chi connectivity index (χ2n) is 9.76. The molecule has 2 N–H and O–H groups in total. The molecule has 5 rings (SSSR count). The molecule has 0 radical (unpaired) electrons. The van der Waals surface area contributed by atoms with Gasteiger partial charge < -0.3 is 24.8 Å². The van der Waals surface area contributed by atoms with E-state index < -0.39 is 18.9 Å². The van der Waals surface area contributed by atoms with E-state index >= 15 is 0 Å². The van der Waals surface area contributed by atoms with Crippen LogP contribution in [-0.4, -0.2) is 88.0 Å². The Labute approximate surface area is 247 Å². The normalized spacial score (nSPS) is 14.9. The van der Waals surface area contributed by atoms with Gasteiger partial charge in [-0.3, -0.25) is 4.68 Å². The number of hydrogen-bond donors (Lipinski definition) is 2. The molecule has 0 unspecified atom stereocenters. The van der Waals surface area contributed by atoms with Gasteiger partial charge in [-0.15, -0.1) is 10.2 Å². The molecule has 4 heterocycles. The van der Waals surface area contributed by atoms with Gasteiger partial charge in [-0.05, 0) is 47.9 Å². The third-order valence-corrected chi connectivity index (χ3v) is 6.82. The maximum atomic E-state index is 12.9. The lowest BCUT2D eigenvalue weighted by Gasteiger charge is -2.29. The lowest BCUT2D eigenvalue weighted by molar-refractivity contribution is -0.154. The fourth-order valence-electron chi connectivity index (χ4n) is 4.44. The predicted molar refractivity (Wildman–Crippen MR) is 145 cm³/mol. The molecule has 228 valence electrons. The zero-order chi connectivity index (χ0) is 30.6. The number of benzene rings is 1. The topological polar surface area (TPSA) is 158 Å². The van der Waals surface area contributed by atoms with Crippen LogP contribution in [0.25, 0.3) is 11.1 Å². The Kier molecular flexibility index (Phi) is 8.79. The Hall–Kier alpha value is -4.67. The number of amides is 1. The van der Waals surface area contributed by atoms with Crippen LogP contribution in [0.2, 0.25) is 5.02 Å². The minimum atomic E-state index is -4.57. The summed E-state index contributed by atoms with van der Waals surface area (Å²) in [6, 6.07) is 4.98. The van der Waals surface area contributed by atoms with E-state index in [2.05, 4.69) is 35.9 Å². The first-order valence-electron chi connectivity index (χ1n) is 13.1. The van der Waals surface area contributed by atoms with E-state index in [0.29, 0.717) is 35.7 Å². The molecule has 0 aliphatic carbocycles. The van der Waals surface area contributed by atoms with E-state index in [1.54, 1.807) is 18.2 Å². The van der Waals surface area contributed by atoms with Crippen LogP contribution in [0, 0.1) is 0 Å². The Morgan fingerprint density at radius 3 is 2.60 bits per heavy atom. The fourth-order valence-corrected chi connectivity index (χ4v) is 4.61. The second-order valence-corrected chi connectivity index (χ2v) is 10.2. The SMILES string of the molecule is C[C@@H](Cn1cnnn1)Oc1cc(-c2cnc(Nc3cn(C4CCN(C(=O)O)CC4)nc3OCC(F)(F)F)nc2)ccc1Cl. The summed E-state index contributed by atoms with van der Waals surface area (Å²) < 4.78 is 52.7. The van der Waals surface area contributed by atoms with Crippen LogP contribution in [0.4, 0.5) is 29.6 Å². The van der Waals surface area contributed by atoms with Crippen molar-refractivity contribution in [1.82, 2.24) is 44.9 Å². The van der Waals surface area contributed by atoms with Gasteiger partial charge in [0, 0.05) is 31.0 Å². The molecule has 0 bridgehead atoms. The van der Waals surface area contributed by atoms with Crippen LogP contribution in [0.3, 0.4) is 0 Å². The van der Waals surface area contributed by atoms with E-state index in [9.17, 15) is 23.1 Å². The summed E-state index contributed by atoms with van der Waals surface area (Å²) in [7, 11) is 0. The Balaban J connectivity index is 1.29. The molecule has 0 saturated carbocycles. The second kappa shape index (κ2) is 12.7. The summed E-state index contributed by atoms with van der Waals surface area (Å²) in [5.74, 6) is 0.261. The van der Waals surface area contributed by atoms with Crippen LogP contribution in [-0.2, 0) is 6.54 Å². The predicted octanol–water partition coefficient (Wildman–Crippen LogP) is 4.45. The van der Waals surface area contributed by atoms with Crippen molar-refractivity contribution in [3.8, 4) is 22.8 Å². The number of likely N-dealkylation sites (tertiary alicyclic amines) is 1. The first-order chi connectivity index (χ1) is 20.5. The van der Waals surface area contributed by atoms with E-state index in [1.165, 1.54) is 39.2 Å². The molecular formula is C25H26ClF3N10O4. The number of halogens is 4. The Morgan fingerprint density at radius 2 is 1.95 bits per heavy atom. The highest BCUT2D eigenvalue weighted by Gasteiger charge is 2.31. The van der Waals surface area contributed by atoms with E-state index in [1.807, 2.05) is 6.92 Å². The molecule has 1 aromatic carbocycles. The molecule has 1 fully saturated rings. The number of aromatic nitrogens is 8. The van der Waals surface area contributed by atoms with Crippen LogP contribution in [0.1, 0.15) is 25.8 Å². The maximum Gasteiger partial charge on any atom is 0.422 e. The number of nitrogens with one attached hydrogen (secondary N) is 1. The average molecular weight is 623 g/mol. The monoisotopic (exact) mass is 622 g/mol. The van der Waals surface area contributed by atoms with Crippen molar-refractivity contribution in [3.63, 3.8) is 0 Å². The molecule has 1 aliphatic rings. The number of nitrogens with zero attached hydrogens (tertiary/aromatic N) is 9. The third-order valence-electron chi connectivity index (χ3n) is 6.51. The quantitative estimate of drug-likeness (QED) is 0.257. The zero-order valence-electron chi connectivity index (χ0n) is 22.6. The van der Waals surface area contributed by atoms with E-state index in [0.717, 1.165) is 5.56 Å². The summed E-state index contributed by atoms with van der Waals surface area (Å²) in [5.41, 5.74) is 1.49. The highest BCUT2D eigenvalue weighted by molar-refractivity contribution is 6.32. The summed E-state index contributed by atoms with van der Waals surface area (Å²) in [6.07, 6.45) is 1.06. The molecular weight excluding hydrogens is 597 g/mol. The number of tetrazole rings is 1. The number of carboxylic acid groups (broad SMARTS) is 1. The molecule has 1 aliphatic heterocycles. The van der Waals surface area contributed by atoms with Crippen LogP contribution >= 0.6 is 11.6 Å². The van der Waals surface area contributed by atoms with Crippen LogP contribution in [0.5, 0.6) is 11.6 Å². The molecule has 43 heavy (non-hydrogen) atoms. The molecule has 0 spiro atoms. The maximum absolute atomic E-state index is 12.9. The van der Waals surface area contributed by atoms with Gasteiger partial charge in [-0.25, -0.2) is 19.4 Å². The highest BCUT2D eigenvalue weighted by Crippen LogP contribution is 2.33. The van der Waals surface area contributed by atoms with Gasteiger partial charge >= 0.3 is 12.3 Å². The molecule has 1 amide bonds. The largest absolute Gasteiger partial charge is 0.487 e. The van der Waals surface area contributed by atoms with Gasteiger partial charge in [0.2, 0.25) is 5.95 Å². The van der Waals surface area contributed by atoms with Crippen LogP contribution < -0.4 is 14.8 Å². The lowest BCUT2D eigenvalue weighted by Crippen LogP contribution is -2.38. The smallest absolute Gasteiger partial charge is 0.422 e. The van der Waals surface area contributed by atoms with E-state index in [4.69, 9.17) is 21.1 Å². The minimum absolute atomic E-state index is 0.0985. The number of rotatable bonds is 10. The van der Waals surface area contributed by atoms with Crippen molar-refractivity contribution in [2.75, 3.05) is 25.0 Å². The summed E-state index contributed by atoms with van der Waals surface area (Å²) >= 11 is 6.34. The van der Waals surface area contributed by atoms with Crippen molar-refractivity contribution >= 4 is 29.3 Å². The van der Waals surface area contributed by atoms with Crippen molar-refractivity contribution in [1.29, 1.82) is 0 Å². The van der Waals surface area contributed by atoms with Gasteiger partial charge in [0.05, 0.1) is 23.8 Å². The van der Waals surface area contributed by atoms with Gasteiger partial charge in [0.1, 0.15) is 23.9 Å².